The highest BCUT2D eigenvalue weighted by Gasteiger charge is 2.02. The van der Waals surface area contributed by atoms with Gasteiger partial charge in [0.25, 0.3) is 0 Å². The summed E-state index contributed by atoms with van der Waals surface area (Å²) in [6, 6.07) is 3.29. The summed E-state index contributed by atoms with van der Waals surface area (Å²) in [5.74, 6) is -1.19. The Bertz CT molecular complexity index is 270. The van der Waals surface area contributed by atoms with Gasteiger partial charge in [-0.2, -0.15) is 10.5 Å². The average Bonchev–Trinajstić information content (AvgIpc) is 2.18. The summed E-state index contributed by atoms with van der Waals surface area (Å²) in [4.78, 5) is 21.3. The van der Waals surface area contributed by atoms with Crippen LogP contribution in [0.15, 0.2) is 0 Å². The Labute approximate surface area is 87.0 Å². The molecule has 6 heteroatoms. The smallest absolute Gasteiger partial charge is 0.320 e. The van der Waals surface area contributed by atoms with Crippen molar-refractivity contribution in [1.82, 2.24) is 0 Å². The van der Waals surface area contributed by atoms with Crippen LogP contribution < -0.4 is 0 Å². The highest BCUT2D eigenvalue weighted by Crippen LogP contribution is 1.91. The van der Waals surface area contributed by atoms with Crippen LogP contribution >= 0.6 is 0 Å². The Kier molecular flexibility index (Phi) is 7.33. The van der Waals surface area contributed by atoms with E-state index in [2.05, 4.69) is 9.47 Å². The van der Waals surface area contributed by atoms with Gasteiger partial charge >= 0.3 is 11.9 Å². The molecule has 80 valence electrons. The SMILES string of the molecule is N#CCC(=O)OCCCOC(=O)CC#N. The van der Waals surface area contributed by atoms with Gasteiger partial charge in [-0.3, -0.25) is 9.59 Å². The minimum atomic E-state index is -0.596. The Hall–Kier alpha value is -2.08. The second-order valence-electron chi connectivity index (χ2n) is 2.46. The van der Waals surface area contributed by atoms with Crippen molar-refractivity contribution in [2.75, 3.05) is 13.2 Å². The Morgan fingerprint density at radius 2 is 1.33 bits per heavy atom. The first-order valence-electron chi connectivity index (χ1n) is 4.26. The third kappa shape index (κ3) is 8.26. The van der Waals surface area contributed by atoms with E-state index in [-0.39, 0.29) is 26.1 Å². The summed E-state index contributed by atoms with van der Waals surface area (Å²) in [6.07, 6.45) is -0.212. The molecule has 0 N–H and O–H groups in total. The number of ether oxygens (including phenoxy) is 2. The van der Waals surface area contributed by atoms with E-state index in [1.54, 1.807) is 12.1 Å². The van der Waals surface area contributed by atoms with Crippen LogP contribution in [0.3, 0.4) is 0 Å². The first-order chi connectivity index (χ1) is 7.20. The zero-order valence-corrected chi connectivity index (χ0v) is 8.06. The van der Waals surface area contributed by atoms with Crippen LogP contribution in [0.4, 0.5) is 0 Å². The third-order valence-electron chi connectivity index (χ3n) is 1.26. The number of nitriles is 2. The second-order valence-corrected chi connectivity index (χ2v) is 2.46. The largest absolute Gasteiger partial charge is 0.465 e. The lowest BCUT2D eigenvalue weighted by molar-refractivity contribution is -0.144. The van der Waals surface area contributed by atoms with Crippen molar-refractivity contribution in [3.05, 3.63) is 0 Å². The highest BCUT2D eigenvalue weighted by atomic mass is 16.5. The highest BCUT2D eigenvalue weighted by molar-refractivity contribution is 5.72. The lowest BCUT2D eigenvalue weighted by atomic mass is 10.4. The lowest BCUT2D eigenvalue weighted by Crippen LogP contribution is -2.09. The fraction of sp³-hybridized carbons (Fsp3) is 0.556. The molecule has 0 saturated carbocycles. The van der Waals surface area contributed by atoms with Gasteiger partial charge in [0.1, 0.15) is 12.8 Å². The van der Waals surface area contributed by atoms with E-state index >= 15 is 0 Å². The zero-order chi connectivity index (χ0) is 11.5. The van der Waals surface area contributed by atoms with Crippen LogP contribution in [0, 0.1) is 22.7 Å². The summed E-state index contributed by atoms with van der Waals surface area (Å²) in [7, 11) is 0. The van der Waals surface area contributed by atoms with Crippen LogP contribution in [0.25, 0.3) is 0 Å². The van der Waals surface area contributed by atoms with E-state index in [0.717, 1.165) is 0 Å². The second kappa shape index (κ2) is 8.52. The number of hydrogen-bond acceptors (Lipinski definition) is 6. The topological polar surface area (TPSA) is 100 Å². The Balaban J connectivity index is 3.33. The Morgan fingerprint density at radius 1 is 0.933 bits per heavy atom. The number of rotatable bonds is 6. The number of hydrogen-bond donors (Lipinski definition) is 0. The van der Waals surface area contributed by atoms with Crippen molar-refractivity contribution < 1.29 is 19.1 Å². The zero-order valence-electron chi connectivity index (χ0n) is 8.06. The van der Waals surface area contributed by atoms with Crippen LogP contribution in [0.1, 0.15) is 19.3 Å². The van der Waals surface area contributed by atoms with E-state index in [4.69, 9.17) is 10.5 Å². The molecular formula is C9H10N2O4. The van der Waals surface area contributed by atoms with Crippen LogP contribution in [0.5, 0.6) is 0 Å². The number of esters is 2. The van der Waals surface area contributed by atoms with Gasteiger partial charge in [-0.1, -0.05) is 0 Å². The third-order valence-corrected chi connectivity index (χ3v) is 1.26. The number of carbonyl (C=O) groups is 2. The average molecular weight is 210 g/mol. The van der Waals surface area contributed by atoms with Crippen molar-refractivity contribution in [2.45, 2.75) is 19.3 Å². The monoisotopic (exact) mass is 210 g/mol. The van der Waals surface area contributed by atoms with Gasteiger partial charge in [-0.25, -0.2) is 0 Å². The molecule has 0 fully saturated rings. The number of carbonyl (C=O) groups excluding carboxylic acids is 2. The van der Waals surface area contributed by atoms with E-state index in [1.807, 2.05) is 0 Å². The maximum Gasteiger partial charge on any atom is 0.320 e. The molecule has 15 heavy (non-hydrogen) atoms. The molecule has 0 aromatic carbocycles. The van der Waals surface area contributed by atoms with Gasteiger partial charge in [-0.15, -0.1) is 0 Å². The molecule has 0 saturated heterocycles. The van der Waals surface area contributed by atoms with E-state index in [1.165, 1.54) is 0 Å². The summed E-state index contributed by atoms with van der Waals surface area (Å²) < 4.78 is 9.21. The van der Waals surface area contributed by atoms with Gasteiger partial charge in [0.05, 0.1) is 25.4 Å². The van der Waals surface area contributed by atoms with Crippen molar-refractivity contribution in [2.24, 2.45) is 0 Å². The van der Waals surface area contributed by atoms with E-state index in [9.17, 15) is 9.59 Å². The maximum atomic E-state index is 10.6. The summed E-state index contributed by atoms with van der Waals surface area (Å²) >= 11 is 0. The van der Waals surface area contributed by atoms with Crippen molar-refractivity contribution in [3.8, 4) is 12.1 Å². The quantitative estimate of drug-likeness (QED) is 0.461. The molecule has 0 atom stereocenters. The molecule has 0 aliphatic rings. The predicted octanol–water partition coefficient (Wildman–Crippen LogP) is 0.290. The molecule has 0 unspecified atom stereocenters. The van der Waals surface area contributed by atoms with Gasteiger partial charge < -0.3 is 9.47 Å². The summed E-state index contributed by atoms with van der Waals surface area (Å²) in [5, 5.41) is 16.2. The summed E-state index contributed by atoms with van der Waals surface area (Å²) in [6.45, 7) is 0.195. The molecule has 0 heterocycles. The first-order valence-corrected chi connectivity index (χ1v) is 4.26. The molecule has 0 spiro atoms. The molecule has 0 amide bonds. The normalized spacial score (nSPS) is 8.40. The van der Waals surface area contributed by atoms with Gasteiger partial charge in [0.15, 0.2) is 0 Å². The van der Waals surface area contributed by atoms with Gasteiger partial charge in [0.2, 0.25) is 0 Å². The molecule has 0 rings (SSSR count). The fourth-order valence-electron chi connectivity index (χ4n) is 0.662. The number of nitrogens with zero attached hydrogens (tertiary/aromatic N) is 2. The molecule has 0 radical (unpaired) electrons. The van der Waals surface area contributed by atoms with E-state index < -0.39 is 11.9 Å². The molecule has 0 aromatic heterocycles. The lowest BCUT2D eigenvalue weighted by Gasteiger charge is -2.03. The molecule has 6 nitrogen and oxygen atoms in total. The molecule has 0 bridgehead atoms. The first kappa shape index (κ1) is 12.9. The summed E-state index contributed by atoms with van der Waals surface area (Å²) in [5.41, 5.74) is 0. The van der Waals surface area contributed by atoms with Gasteiger partial charge in [-0.05, 0) is 0 Å². The fourth-order valence-corrected chi connectivity index (χ4v) is 0.662. The molecule has 0 aliphatic heterocycles. The standard InChI is InChI=1S/C9H10N2O4/c10-4-2-8(12)14-6-1-7-15-9(13)3-5-11/h1-3,6-7H2. The van der Waals surface area contributed by atoms with Crippen LogP contribution in [-0.2, 0) is 19.1 Å². The van der Waals surface area contributed by atoms with Crippen LogP contribution in [-0.4, -0.2) is 25.2 Å². The van der Waals surface area contributed by atoms with Crippen molar-refractivity contribution >= 4 is 11.9 Å². The minimum Gasteiger partial charge on any atom is -0.465 e. The molecule has 0 aromatic rings. The Morgan fingerprint density at radius 3 is 1.67 bits per heavy atom. The van der Waals surface area contributed by atoms with Crippen molar-refractivity contribution in [1.29, 1.82) is 10.5 Å². The van der Waals surface area contributed by atoms with E-state index in [0.29, 0.717) is 6.42 Å². The minimum absolute atomic E-state index is 0.0976. The van der Waals surface area contributed by atoms with Gasteiger partial charge in [0, 0.05) is 6.42 Å². The predicted molar refractivity (Wildman–Crippen MR) is 47.0 cm³/mol. The maximum absolute atomic E-state index is 10.6. The molecule has 0 aliphatic carbocycles. The van der Waals surface area contributed by atoms with Crippen molar-refractivity contribution in [3.63, 3.8) is 0 Å². The molecular weight excluding hydrogens is 200 g/mol. The van der Waals surface area contributed by atoms with Crippen LogP contribution in [0.2, 0.25) is 0 Å².